The van der Waals surface area contributed by atoms with Crippen LogP contribution in [0.5, 0.6) is 0 Å². The predicted molar refractivity (Wildman–Crippen MR) is 89.2 cm³/mol. The van der Waals surface area contributed by atoms with Gasteiger partial charge in [-0.3, -0.25) is 4.90 Å². The average molecular weight is 288 g/mol. The number of rotatable bonds is 3. The highest BCUT2D eigenvalue weighted by Gasteiger charge is 2.35. The Kier molecular flexibility index (Phi) is 4.69. The van der Waals surface area contributed by atoms with E-state index in [0.29, 0.717) is 12.0 Å². The van der Waals surface area contributed by atoms with E-state index in [9.17, 15) is 0 Å². The maximum Gasteiger partial charge on any atom is 0.0844 e. The van der Waals surface area contributed by atoms with Crippen LogP contribution in [0, 0.1) is 5.92 Å². The molecule has 1 saturated carbocycles. The molecule has 1 aromatic rings. The summed E-state index contributed by atoms with van der Waals surface area (Å²) >= 11 is 5.70. The molecule has 3 heteroatoms. The molecule has 0 aromatic heterocycles. The third kappa shape index (κ3) is 3.21. The Bertz CT molecular complexity index is 440. The van der Waals surface area contributed by atoms with Crippen LogP contribution >= 0.6 is 12.2 Å². The monoisotopic (exact) mass is 288 g/mol. The number of para-hydroxylation sites is 1. The number of hydrogen-bond acceptors (Lipinski definition) is 2. The molecule has 2 aliphatic rings. The molecule has 2 atom stereocenters. The zero-order valence-corrected chi connectivity index (χ0v) is 12.9. The molecule has 1 aliphatic heterocycles. The minimum absolute atomic E-state index is 0.545. The van der Waals surface area contributed by atoms with Crippen LogP contribution in [-0.4, -0.2) is 29.0 Å². The highest BCUT2D eigenvalue weighted by Crippen LogP contribution is 2.33. The van der Waals surface area contributed by atoms with Crippen molar-refractivity contribution in [3.63, 3.8) is 0 Å². The molecule has 1 aliphatic carbocycles. The molecule has 1 aromatic carbocycles. The fourth-order valence-electron chi connectivity index (χ4n) is 3.69. The van der Waals surface area contributed by atoms with E-state index in [-0.39, 0.29) is 0 Å². The van der Waals surface area contributed by atoms with Gasteiger partial charge in [0.15, 0.2) is 0 Å². The number of piperidine rings is 1. The van der Waals surface area contributed by atoms with Gasteiger partial charge in [0.2, 0.25) is 0 Å². The summed E-state index contributed by atoms with van der Waals surface area (Å²) in [7, 11) is 0. The molecule has 20 heavy (non-hydrogen) atoms. The van der Waals surface area contributed by atoms with E-state index >= 15 is 0 Å². The fourth-order valence-corrected chi connectivity index (χ4v) is 4.08. The Hall–Kier alpha value is -0.930. The lowest BCUT2D eigenvalue weighted by atomic mass is 9.99. The molecule has 0 radical (unpaired) electrons. The van der Waals surface area contributed by atoms with Crippen LogP contribution in [0.25, 0.3) is 0 Å². The maximum absolute atomic E-state index is 5.70. The van der Waals surface area contributed by atoms with Crippen molar-refractivity contribution >= 4 is 22.9 Å². The molecule has 2 nitrogen and oxygen atoms in total. The molecule has 0 unspecified atom stereocenters. The van der Waals surface area contributed by atoms with Gasteiger partial charge in [-0.05, 0) is 50.9 Å². The van der Waals surface area contributed by atoms with Gasteiger partial charge in [-0.15, -0.1) is 0 Å². The Morgan fingerprint density at radius 1 is 1.00 bits per heavy atom. The standard InChI is InChI=1S/C17H24N2S/c20-17(18-14-8-3-1-4-9-14)15-10-7-11-16(15)19-12-5-2-6-13-19/h1,3-4,8-9,15-16H,2,5-7,10-13H2,(H,18,20)/t15-,16-/m0/s1. The summed E-state index contributed by atoms with van der Waals surface area (Å²) in [5, 5.41) is 3.46. The summed E-state index contributed by atoms with van der Waals surface area (Å²) in [6.45, 7) is 2.55. The van der Waals surface area contributed by atoms with Crippen LogP contribution in [0.15, 0.2) is 30.3 Å². The van der Waals surface area contributed by atoms with Crippen molar-refractivity contribution in [3.05, 3.63) is 30.3 Å². The summed E-state index contributed by atoms with van der Waals surface area (Å²) < 4.78 is 0. The summed E-state index contributed by atoms with van der Waals surface area (Å²) in [6, 6.07) is 11.0. The first kappa shape index (κ1) is 14.0. The van der Waals surface area contributed by atoms with E-state index in [1.54, 1.807) is 0 Å². The van der Waals surface area contributed by atoms with Gasteiger partial charge in [-0.1, -0.05) is 43.3 Å². The Balaban J connectivity index is 1.64. The van der Waals surface area contributed by atoms with Crippen molar-refractivity contribution in [1.82, 2.24) is 4.90 Å². The third-order valence-corrected chi connectivity index (χ3v) is 5.12. The summed E-state index contributed by atoms with van der Waals surface area (Å²) in [5.41, 5.74) is 1.13. The molecule has 108 valence electrons. The second-order valence-electron chi connectivity index (χ2n) is 6.06. The number of nitrogens with zero attached hydrogens (tertiary/aromatic N) is 1. The lowest BCUT2D eigenvalue weighted by molar-refractivity contribution is 0.151. The van der Waals surface area contributed by atoms with E-state index in [1.807, 2.05) is 6.07 Å². The number of thiocarbonyl (C=S) groups is 1. The predicted octanol–water partition coefficient (Wildman–Crippen LogP) is 4.08. The Morgan fingerprint density at radius 2 is 1.75 bits per heavy atom. The van der Waals surface area contributed by atoms with Gasteiger partial charge < -0.3 is 5.32 Å². The van der Waals surface area contributed by atoms with Crippen LogP contribution in [0.2, 0.25) is 0 Å². The first-order valence-corrected chi connectivity index (χ1v) is 8.35. The third-order valence-electron chi connectivity index (χ3n) is 4.72. The number of hydrogen-bond donors (Lipinski definition) is 1. The van der Waals surface area contributed by atoms with E-state index in [2.05, 4.69) is 34.5 Å². The van der Waals surface area contributed by atoms with Gasteiger partial charge in [0.25, 0.3) is 0 Å². The van der Waals surface area contributed by atoms with Crippen LogP contribution in [-0.2, 0) is 0 Å². The molecule has 3 rings (SSSR count). The highest BCUT2D eigenvalue weighted by molar-refractivity contribution is 7.80. The van der Waals surface area contributed by atoms with Crippen molar-refractivity contribution in [2.24, 2.45) is 5.92 Å². The lowest BCUT2D eigenvalue weighted by Crippen LogP contribution is -2.44. The molecule has 0 bridgehead atoms. The van der Waals surface area contributed by atoms with Gasteiger partial charge in [0.05, 0.1) is 4.99 Å². The van der Waals surface area contributed by atoms with Gasteiger partial charge in [0, 0.05) is 17.6 Å². The number of benzene rings is 1. The van der Waals surface area contributed by atoms with E-state index in [4.69, 9.17) is 12.2 Å². The smallest absolute Gasteiger partial charge is 0.0844 e. The number of likely N-dealkylation sites (tertiary alicyclic amines) is 1. The largest absolute Gasteiger partial charge is 0.350 e. The van der Waals surface area contributed by atoms with Gasteiger partial charge >= 0.3 is 0 Å². The van der Waals surface area contributed by atoms with Crippen molar-refractivity contribution in [2.45, 2.75) is 44.6 Å². The first-order chi connectivity index (χ1) is 9.84. The summed E-state index contributed by atoms with van der Waals surface area (Å²) in [5.74, 6) is 0.545. The SMILES string of the molecule is S=C(Nc1ccccc1)[C@H]1CCC[C@@H]1N1CCCCC1. The lowest BCUT2D eigenvalue weighted by Gasteiger charge is -2.36. The quantitative estimate of drug-likeness (QED) is 0.844. The Labute approximate surface area is 127 Å². The van der Waals surface area contributed by atoms with Crippen LogP contribution < -0.4 is 5.32 Å². The normalized spacial score (nSPS) is 27.4. The molecule has 2 fully saturated rings. The van der Waals surface area contributed by atoms with Gasteiger partial charge in [-0.2, -0.15) is 0 Å². The first-order valence-electron chi connectivity index (χ1n) is 7.94. The minimum Gasteiger partial charge on any atom is -0.350 e. The second kappa shape index (κ2) is 6.68. The van der Waals surface area contributed by atoms with Gasteiger partial charge in [-0.25, -0.2) is 0 Å². The van der Waals surface area contributed by atoms with Crippen molar-refractivity contribution in [1.29, 1.82) is 0 Å². The van der Waals surface area contributed by atoms with Crippen LogP contribution in [0.4, 0.5) is 5.69 Å². The minimum atomic E-state index is 0.545. The van der Waals surface area contributed by atoms with Crippen molar-refractivity contribution < 1.29 is 0 Å². The summed E-state index contributed by atoms with van der Waals surface area (Å²) in [6.07, 6.45) is 8.02. The molecule has 1 saturated heterocycles. The van der Waals surface area contributed by atoms with E-state index < -0.39 is 0 Å². The van der Waals surface area contributed by atoms with E-state index in [1.165, 1.54) is 51.6 Å². The molecular formula is C17H24N2S. The Morgan fingerprint density at radius 3 is 2.50 bits per heavy atom. The molecule has 1 heterocycles. The zero-order valence-electron chi connectivity index (χ0n) is 12.1. The van der Waals surface area contributed by atoms with Crippen molar-refractivity contribution in [2.75, 3.05) is 18.4 Å². The molecule has 1 N–H and O–H groups in total. The maximum atomic E-state index is 5.70. The highest BCUT2D eigenvalue weighted by atomic mass is 32.1. The molecule has 0 spiro atoms. The summed E-state index contributed by atoms with van der Waals surface area (Å²) in [4.78, 5) is 3.74. The molecule has 0 amide bonds. The topological polar surface area (TPSA) is 15.3 Å². The molecular weight excluding hydrogens is 264 g/mol. The van der Waals surface area contributed by atoms with Crippen LogP contribution in [0.3, 0.4) is 0 Å². The zero-order chi connectivity index (χ0) is 13.8. The average Bonchev–Trinajstić information content (AvgIpc) is 2.99. The second-order valence-corrected chi connectivity index (χ2v) is 6.50. The van der Waals surface area contributed by atoms with Crippen molar-refractivity contribution in [3.8, 4) is 0 Å². The van der Waals surface area contributed by atoms with Crippen LogP contribution in [0.1, 0.15) is 38.5 Å². The number of nitrogens with one attached hydrogen (secondary N) is 1. The number of anilines is 1. The van der Waals surface area contributed by atoms with Gasteiger partial charge in [0.1, 0.15) is 0 Å². The van der Waals surface area contributed by atoms with E-state index in [0.717, 1.165) is 10.7 Å². The fraction of sp³-hybridized carbons (Fsp3) is 0.588.